The lowest BCUT2D eigenvalue weighted by Crippen LogP contribution is -2.14. The Bertz CT molecular complexity index is 8290. The van der Waals surface area contributed by atoms with Crippen LogP contribution in [0.1, 0.15) is 80.3 Å². The molecule has 790 valence electrons. The van der Waals surface area contributed by atoms with Crippen LogP contribution in [0.4, 0.5) is 63.3 Å². The van der Waals surface area contributed by atoms with E-state index < -0.39 is 78.8 Å². The highest BCUT2D eigenvalue weighted by molar-refractivity contribution is 7.90. The summed E-state index contributed by atoms with van der Waals surface area (Å²) in [7, 11) is -16.3. The zero-order chi connectivity index (χ0) is 107. The lowest BCUT2D eigenvalue weighted by Gasteiger charge is -2.16. The van der Waals surface area contributed by atoms with E-state index in [-0.39, 0.29) is 161 Å². The summed E-state index contributed by atoms with van der Waals surface area (Å²) in [4.78, 5) is 60.3. The second-order valence-corrected chi connectivity index (χ2v) is 49.5. The molecule has 0 aliphatic heterocycles. The number of fused-ring (bicyclic) bond motifs is 5. The maximum absolute atomic E-state index is 15.7. The minimum absolute atomic E-state index is 0. The average molecular weight is 2300 g/mol. The normalized spacial score (nSPS) is 11.7. The van der Waals surface area contributed by atoms with Crippen LogP contribution < -0.4 is 47.5 Å². The van der Waals surface area contributed by atoms with Crippen molar-refractivity contribution in [3.05, 3.63) is 338 Å². The number of aliphatic hydroxyl groups is 1. The van der Waals surface area contributed by atoms with E-state index in [0.717, 1.165) is 73.3 Å². The van der Waals surface area contributed by atoms with Gasteiger partial charge in [0.2, 0.25) is 21.1 Å². The van der Waals surface area contributed by atoms with Gasteiger partial charge in [0.1, 0.15) is 71.7 Å². The fourth-order valence-electron chi connectivity index (χ4n) is 13.9. The molecule has 16 aromatic rings. The van der Waals surface area contributed by atoms with Crippen molar-refractivity contribution in [2.45, 2.75) is 84.4 Å². The van der Waals surface area contributed by atoms with Gasteiger partial charge in [0.05, 0.1) is 108 Å². The highest BCUT2D eigenvalue weighted by atomic mass is 35.5. The number of aliphatic hydroxyl groups excluding tert-OH is 1. The van der Waals surface area contributed by atoms with Gasteiger partial charge in [0.15, 0.2) is 34.4 Å². The lowest BCUT2D eigenvalue weighted by molar-refractivity contribution is -0.385. The number of para-hydroxylation sites is 3. The van der Waals surface area contributed by atoms with Gasteiger partial charge in [-0.3, -0.25) is 20.2 Å². The average Bonchev–Trinajstić information content (AvgIpc) is 1.61. The zero-order valence-electron chi connectivity index (χ0n) is 78.1. The molecule has 0 spiro atoms. The summed E-state index contributed by atoms with van der Waals surface area (Å²) in [5.41, 5.74) is 17.5. The fraction of sp³-hybridized carbons (Fsp3) is 0.196. The summed E-state index contributed by atoms with van der Waals surface area (Å²) in [6.45, 7) is 15.3. The lowest BCUT2D eigenvalue weighted by atomic mass is 10.1. The molecule has 2 aliphatic carbocycles. The number of hydrogen-bond donors (Lipinski definition) is 5. The number of nitro benzene ring substituents is 2. The third-order valence-electron chi connectivity index (χ3n) is 20.8. The molecule has 2 aliphatic rings. The molecule has 0 fully saturated rings. The van der Waals surface area contributed by atoms with Crippen LogP contribution in [0.15, 0.2) is 227 Å². The number of allylic oxidation sites excluding steroid dienone is 2. The van der Waals surface area contributed by atoms with Gasteiger partial charge in [0, 0.05) is 83.4 Å². The summed E-state index contributed by atoms with van der Waals surface area (Å²) in [6.07, 6.45) is 8.89. The number of non-ortho nitro benzene ring substituents is 2. The largest absolute Gasteiger partial charge is 0.496 e. The van der Waals surface area contributed by atoms with E-state index in [1.165, 1.54) is 93.1 Å². The van der Waals surface area contributed by atoms with E-state index in [1.54, 1.807) is 131 Å². The number of aryl methyl sites for hydroxylation is 3. The number of hydrogen-bond acceptors (Lipinski definition) is 30. The van der Waals surface area contributed by atoms with Gasteiger partial charge in [-0.15, -0.1) is 0 Å². The van der Waals surface area contributed by atoms with Gasteiger partial charge in [-0.05, 0) is 198 Å². The molecule has 0 bridgehead atoms. The molecular weight excluding hydrogens is 2200 g/mol. The van der Waals surface area contributed by atoms with Gasteiger partial charge >= 0.3 is 0 Å². The fourth-order valence-corrected chi connectivity index (χ4v) is 22.9. The first-order chi connectivity index (χ1) is 68.2. The van der Waals surface area contributed by atoms with Crippen molar-refractivity contribution in [3.8, 4) is 11.5 Å². The quantitative estimate of drug-likeness (QED) is 0.00954. The number of nitro groups is 2. The van der Waals surface area contributed by atoms with Crippen molar-refractivity contribution in [2.24, 2.45) is 0 Å². The van der Waals surface area contributed by atoms with Gasteiger partial charge < -0.3 is 50.4 Å². The number of halogens is 11. The molecule has 8 aromatic carbocycles. The topological polar surface area (TPSA) is 498 Å². The van der Waals surface area contributed by atoms with Crippen LogP contribution in [0.25, 0.3) is 45.0 Å². The molecule has 0 unspecified atom stereocenters. The van der Waals surface area contributed by atoms with Crippen molar-refractivity contribution in [1.29, 1.82) is 0 Å². The highest BCUT2D eigenvalue weighted by Crippen LogP contribution is 2.44. The maximum atomic E-state index is 15.7. The predicted molar refractivity (Wildman–Crippen MR) is 588 cm³/mol. The van der Waals surface area contributed by atoms with E-state index in [9.17, 15) is 68.0 Å². The Hall–Kier alpha value is -12.9. The van der Waals surface area contributed by atoms with E-state index >= 15 is 8.78 Å². The first-order valence-corrected chi connectivity index (χ1v) is 56.7. The highest BCUT2D eigenvalue weighted by Gasteiger charge is 2.32. The number of nitrogens with zero attached hydrogens (tertiary/aromatic N) is 15. The number of rotatable bonds is 19. The Balaban J connectivity index is 0.000000249. The van der Waals surface area contributed by atoms with E-state index in [4.69, 9.17) is 107 Å². The molecule has 0 radical (unpaired) electrons. The van der Waals surface area contributed by atoms with Crippen molar-refractivity contribution < 1.29 is 80.9 Å². The molecule has 0 amide bonds. The van der Waals surface area contributed by atoms with Crippen LogP contribution in [0.3, 0.4) is 0 Å². The number of ether oxygens (including phenoxy) is 2. The SMILES string of the molecule is C.C.C.C.CO.COc1ccc([N+](=O)[O-])cc1Cc1nc(Nc2ccccc2P(C)(C)=O)c2c(F)cn(S(=O)(=O)c3ccc(C)cc3)c2n1.COc1ccc([N+](=O)[O-])cc1N.CP(C)(=O)c1ccccc1N.Cc1ccc(S(=O)(=O)n2cc(F)c3c(Cl)nc(Cl)nc32)cc1.Cc1ccc(S(=O)(=O)n2cc(F)c3c(Nc4ccccc4P(C)(C)=O)nc(Cl)nc32)cc1.Clc1nc(Cl)c2c(n1)CC=C2.FC1=CCc2nc(Cl)nc(Cl)c21. The number of nitrogens with one attached hydrogen (secondary N) is 2. The molecule has 8 heterocycles. The maximum Gasteiger partial charge on any atom is 0.271 e. The molecule has 8 aromatic heterocycles. The molecule has 149 heavy (non-hydrogen) atoms. The second-order valence-electron chi connectivity index (χ2n) is 32.1. The monoisotopic (exact) mass is 2300 g/mol. The smallest absolute Gasteiger partial charge is 0.271 e. The van der Waals surface area contributed by atoms with Crippen LogP contribution in [0.2, 0.25) is 36.6 Å². The van der Waals surface area contributed by atoms with Crippen molar-refractivity contribution in [1.82, 2.24) is 61.8 Å². The van der Waals surface area contributed by atoms with E-state index in [1.807, 2.05) is 51.1 Å². The molecule has 35 nitrogen and oxygen atoms in total. The molecule has 0 saturated carbocycles. The number of nitrogen functional groups attached to an aromatic ring is 2. The van der Waals surface area contributed by atoms with Gasteiger partial charge in [0.25, 0.3) is 41.4 Å². The van der Waals surface area contributed by atoms with Crippen LogP contribution in [-0.2, 0) is 63.0 Å². The standard InChI is InChI=1S/C29H27FN5O6PS.C21H19ClFN4O3PS.C13H8Cl2FN3O2S.C8H12NOP.C7H3Cl2FN2.C7H4Cl2N2.C7H8N2O3.CH4O.4CH4/c1-18-9-12-21(13-10-18)43(39,40)34-17-22(30)27-28(31-23-7-5-6-8-25(23)42(3,4)38)32-26(33-29(27)34)16-19-15-20(35(36)37)11-14-24(19)41-2;1-13-8-10-14(11-9-13)32(29,30)27-12-15(23)18-19(25-21(22)26-20(18)27)24-16-6-4-5-7-17(16)31(2,3)28;1-7-2-4-8(5-3-7)22(20,21)19-6-9(16)10-11(14)17-13(15)18-12(10)19;1-11(2,10)8-6-4-3-5-7(8)9;8-6-5-3(10)1-2-4(5)11-7(9)12-6;8-6-4-2-1-3-5(4)10-7(9)11-6;1-12-7-3-2-5(9(10)11)4-6(7)8;1-2;;;;/h5-15,17H,16H2,1-4H3,(H,31,32,33);4-12H,1-3H3,(H,24,25,26);2-6H,1H3;3-6H,9H2,1-2H3;1H,2H2;1-2H,3H2;2-4H,8H2,1H3;2H,1H3;4*1H4. The van der Waals surface area contributed by atoms with E-state index in [2.05, 4.69) is 60.5 Å². The summed E-state index contributed by atoms with van der Waals surface area (Å²) in [5.74, 6) is -2.26. The second kappa shape index (κ2) is 51.6. The summed E-state index contributed by atoms with van der Waals surface area (Å²) in [6, 6.07) is 47.4. The third-order valence-corrected chi connectivity index (χ3v) is 32.0. The minimum Gasteiger partial charge on any atom is -0.496 e. The summed E-state index contributed by atoms with van der Waals surface area (Å²) in [5, 5.41) is 36.0. The Morgan fingerprint density at radius 2 is 0.805 bits per heavy atom. The number of nitrogens with two attached hydrogens (primary N) is 2. The number of anilines is 6. The summed E-state index contributed by atoms with van der Waals surface area (Å²) >= 11 is 40.1. The Morgan fingerprint density at radius 1 is 0.436 bits per heavy atom. The molecule has 7 N–H and O–H groups in total. The van der Waals surface area contributed by atoms with Crippen molar-refractivity contribution in [2.75, 3.05) is 83.4 Å². The predicted octanol–water partition coefficient (Wildman–Crippen LogP) is 23.7. The van der Waals surface area contributed by atoms with Crippen LogP contribution in [0.5, 0.6) is 11.5 Å². The van der Waals surface area contributed by atoms with Crippen LogP contribution in [0, 0.1) is 58.5 Å². The van der Waals surface area contributed by atoms with Crippen molar-refractivity contribution in [3.63, 3.8) is 0 Å². The van der Waals surface area contributed by atoms with Gasteiger partial charge in [-0.25, -0.2) is 89.6 Å². The molecule has 18 rings (SSSR count). The number of methoxy groups -OCH3 is 2. The molecule has 0 atom stereocenters. The Kier molecular flexibility index (Phi) is 42.6. The van der Waals surface area contributed by atoms with E-state index in [0.29, 0.717) is 66.0 Å². The Labute approximate surface area is 892 Å². The summed E-state index contributed by atoms with van der Waals surface area (Å²) < 4.78 is 186. The first-order valence-electron chi connectivity index (χ1n) is 41.9. The number of aromatic nitrogens is 13. The zero-order valence-corrected chi connectivity index (χ0v) is 88.5. The molecule has 52 heteroatoms. The minimum atomic E-state index is -4.30. The molecular formula is C97H101Cl7F4N19O16P3S3. The van der Waals surface area contributed by atoms with Crippen LogP contribution >= 0.6 is 103 Å². The van der Waals surface area contributed by atoms with Crippen LogP contribution in [-0.4, -0.2) is 163 Å². The Morgan fingerprint density at radius 3 is 1.23 bits per heavy atom. The van der Waals surface area contributed by atoms with Gasteiger partial charge in [-0.1, -0.05) is 166 Å². The van der Waals surface area contributed by atoms with Gasteiger partial charge in [-0.2, -0.15) is 15.0 Å². The van der Waals surface area contributed by atoms with Crippen molar-refractivity contribution >= 4 is 239 Å². The first kappa shape index (κ1) is 123. The third kappa shape index (κ3) is 29.4. The molecule has 0 saturated heterocycles. The number of benzene rings is 8.